The number of piperidine rings is 1. The summed E-state index contributed by atoms with van der Waals surface area (Å²) in [7, 11) is 0. The average Bonchev–Trinajstić information content (AvgIpc) is 3.13. The summed E-state index contributed by atoms with van der Waals surface area (Å²) in [5.74, 6) is 0.506. The van der Waals surface area contributed by atoms with Gasteiger partial charge in [0, 0.05) is 32.2 Å². The van der Waals surface area contributed by atoms with Crippen LogP contribution in [0.1, 0.15) is 30.9 Å². The van der Waals surface area contributed by atoms with Gasteiger partial charge in [0.25, 0.3) is 5.22 Å². The molecule has 3 rings (SSSR count). The van der Waals surface area contributed by atoms with Crippen LogP contribution in [0.4, 0.5) is 5.88 Å². The van der Waals surface area contributed by atoms with Gasteiger partial charge in [-0.3, -0.25) is 0 Å². The fourth-order valence-corrected chi connectivity index (χ4v) is 3.69. The second-order valence-corrected chi connectivity index (χ2v) is 7.20. The first-order valence-corrected chi connectivity index (χ1v) is 9.11. The highest BCUT2D eigenvalue weighted by atomic mass is 79.9. The summed E-state index contributed by atoms with van der Waals surface area (Å²) in [6, 6.07) is 1.77. The monoisotopic (exact) mass is 413 g/mol. The number of aliphatic carboxylic acids is 1. The lowest BCUT2D eigenvalue weighted by Crippen LogP contribution is -2.29. The molecule has 0 aliphatic carbocycles. The van der Waals surface area contributed by atoms with E-state index in [1.165, 1.54) is 12.5 Å². The molecule has 1 aliphatic rings. The predicted octanol–water partition coefficient (Wildman–Crippen LogP) is 3.94. The molecule has 1 fully saturated rings. The molecule has 128 valence electrons. The number of nitrogens with zero attached hydrogens (tertiary/aromatic N) is 3. The van der Waals surface area contributed by atoms with E-state index in [2.05, 4.69) is 31.0 Å². The standard InChI is InChI=1S/C15H16BrN3O4S/c1-9-17-18-15(22-9)24-12(14(20)21)8-10-7-11(16)13(23-10)19-5-3-2-4-6-19/h7-8H,2-6H2,1H3,(H,20,21)/b12-8-. The van der Waals surface area contributed by atoms with Crippen molar-refractivity contribution in [1.82, 2.24) is 10.2 Å². The molecule has 2 aromatic rings. The number of aryl methyl sites for hydroxylation is 1. The lowest BCUT2D eigenvalue weighted by Gasteiger charge is -2.26. The van der Waals surface area contributed by atoms with Crippen molar-refractivity contribution >= 4 is 45.6 Å². The lowest BCUT2D eigenvalue weighted by atomic mass is 10.1. The van der Waals surface area contributed by atoms with Crippen LogP contribution in [0, 0.1) is 6.92 Å². The highest BCUT2D eigenvalue weighted by Gasteiger charge is 2.20. The molecule has 0 aromatic carbocycles. The van der Waals surface area contributed by atoms with Gasteiger partial charge in [-0.15, -0.1) is 10.2 Å². The van der Waals surface area contributed by atoms with Gasteiger partial charge >= 0.3 is 5.97 Å². The Morgan fingerprint density at radius 3 is 2.71 bits per heavy atom. The number of aromatic nitrogens is 2. The van der Waals surface area contributed by atoms with Gasteiger partial charge in [0.05, 0.1) is 4.47 Å². The fourth-order valence-electron chi connectivity index (χ4n) is 2.44. The van der Waals surface area contributed by atoms with Crippen molar-refractivity contribution in [3.05, 3.63) is 27.1 Å². The van der Waals surface area contributed by atoms with Crippen molar-refractivity contribution in [2.75, 3.05) is 18.0 Å². The summed E-state index contributed by atoms with van der Waals surface area (Å²) in [6.45, 7) is 3.53. The van der Waals surface area contributed by atoms with Gasteiger partial charge in [-0.05, 0) is 47.0 Å². The number of halogens is 1. The number of hydrogen-bond donors (Lipinski definition) is 1. The molecular formula is C15H16BrN3O4S. The van der Waals surface area contributed by atoms with Gasteiger partial charge in [-0.2, -0.15) is 0 Å². The van der Waals surface area contributed by atoms with Crippen LogP contribution in [0.15, 0.2) is 29.5 Å². The minimum atomic E-state index is -1.08. The van der Waals surface area contributed by atoms with Crippen molar-refractivity contribution in [1.29, 1.82) is 0 Å². The Morgan fingerprint density at radius 2 is 2.08 bits per heavy atom. The number of carboxylic acid groups (broad SMARTS) is 1. The molecule has 1 saturated heterocycles. The second kappa shape index (κ2) is 7.43. The molecule has 2 aromatic heterocycles. The summed E-state index contributed by atoms with van der Waals surface area (Å²) in [5.41, 5.74) is 0. The minimum absolute atomic E-state index is 0.0464. The highest BCUT2D eigenvalue weighted by Crippen LogP contribution is 2.34. The molecule has 1 N–H and O–H groups in total. The van der Waals surface area contributed by atoms with Gasteiger partial charge in [-0.1, -0.05) is 0 Å². The van der Waals surface area contributed by atoms with E-state index in [-0.39, 0.29) is 10.1 Å². The maximum Gasteiger partial charge on any atom is 0.342 e. The van der Waals surface area contributed by atoms with Crippen molar-refractivity contribution in [2.45, 2.75) is 31.4 Å². The Labute approximate surface area is 151 Å². The molecule has 7 nitrogen and oxygen atoms in total. The Balaban J connectivity index is 1.83. The number of furan rings is 1. The van der Waals surface area contributed by atoms with Gasteiger partial charge in [0.15, 0.2) is 0 Å². The zero-order chi connectivity index (χ0) is 17.1. The average molecular weight is 414 g/mol. The number of carboxylic acids is 1. The topological polar surface area (TPSA) is 92.6 Å². The van der Waals surface area contributed by atoms with Crippen molar-refractivity contribution in [2.24, 2.45) is 0 Å². The van der Waals surface area contributed by atoms with Crippen LogP contribution in [0.2, 0.25) is 0 Å². The number of rotatable bonds is 5. The van der Waals surface area contributed by atoms with Crippen LogP contribution in [0.3, 0.4) is 0 Å². The van der Waals surface area contributed by atoms with E-state index in [1.54, 1.807) is 13.0 Å². The quantitative estimate of drug-likeness (QED) is 0.581. The number of hydrogen-bond acceptors (Lipinski definition) is 7. The van der Waals surface area contributed by atoms with Crippen LogP contribution >= 0.6 is 27.7 Å². The van der Waals surface area contributed by atoms with E-state index >= 15 is 0 Å². The summed E-state index contributed by atoms with van der Waals surface area (Å²) >= 11 is 4.39. The van der Waals surface area contributed by atoms with E-state index in [9.17, 15) is 9.90 Å². The smallest absolute Gasteiger partial charge is 0.342 e. The zero-order valence-corrected chi connectivity index (χ0v) is 15.4. The Morgan fingerprint density at radius 1 is 1.33 bits per heavy atom. The third-order valence-corrected chi connectivity index (χ3v) is 4.94. The summed E-state index contributed by atoms with van der Waals surface area (Å²) < 4.78 is 11.9. The molecular weight excluding hydrogens is 398 g/mol. The van der Waals surface area contributed by atoms with E-state index in [0.29, 0.717) is 11.7 Å². The number of anilines is 1. The number of thioether (sulfide) groups is 1. The third kappa shape index (κ3) is 4.02. The van der Waals surface area contributed by atoms with Crippen LogP contribution in [-0.4, -0.2) is 34.4 Å². The van der Waals surface area contributed by atoms with Crippen molar-refractivity contribution in [3.8, 4) is 0 Å². The van der Waals surface area contributed by atoms with Crippen LogP contribution in [0.25, 0.3) is 6.08 Å². The largest absolute Gasteiger partial charge is 0.477 e. The first-order valence-electron chi connectivity index (χ1n) is 7.50. The summed E-state index contributed by atoms with van der Waals surface area (Å²) in [5, 5.41) is 17.1. The van der Waals surface area contributed by atoms with E-state index in [0.717, 1.165) is 48.0 Å². The molecule has 1 aliphatic heterocycles. The molecule has 0 spiro atoms. The lowest BCUT2D eigenvalue weighted by molar-refractivity contribution is -0.131. The van der Waals surface area contributed by atoms with Gasteiger partial charge in [-0.25, -0.2) is 4.79 Å². The van der Waals surface area contributed by atoms with Gasteiger partial charge in [0.2, 0.25) is 11.8 Å². The van der Waals surface area contributed by atoms with Crippen molar-refractivity contribution in [3.63, 3.8) is 0 Å². The first kappa shape index (κ1) is 17.1. The third-order valence-electron chi connectivity index (χ3n) is 3.52. The van der Waals surface area contributed by atoms with Crippen LogP contribution in [0.5, 0.6) is 0 Å². The molecule has 24 heavy (non-hydrogen) atoms. The van der Waals surface area contributed by atoms with E-state index in [1.807, 2.05) is 0 Å². The minimum Gasteiger partial charge on any atom is -0.477 e. The van der Waals surface area contributed by atoms with Crippen molar-refractivity contribution < 1.29 is 18.7 Å². The molecule has 0 radical (unpaired) electrons. The maximum absolute atomic E-state index is 11.5. The normalized spacial score (nSPS) is 15.8. The molecule has 0 saturated carbocycles. The Hall–Kier alpha value is -1.74. The predicted molar refractivity (Wildman–Crippen MR) is 93.0 cm³/mol. The first-order chi connectivity index (χ1) is 11.5. The molecule has 0 bridgehead atoms. The Kier molecular flexibility index (Phi) is 5.30. The fraction of sp³-hybridized carbons (Fsp3) is 0.400. The van der Waals surface area contributed by atoms with E-state index < -0.39 is 5.97 Å². The molecule has 9 heteroatoms. The zero-order valence-electron chi connectivity index (χ0n) is 13.0. The van der Waals surface area contributed by atoms with Crippen LogP contribution in [-0.2, 0) is 4.79 Å². The molecule has 0 unspecified atom stereocenters. The Bertz CT molecular complexity index is 765. The molecule has 3 heterocycles. The van der Waals surface area contributed by atoms with Gasteiger partial charge in [0.1, 0.15) is 10.7 Å². The van der Waals surface area contributed by atoms with E-state index in [4.69, 9.17) is 8.83 Å². The van der Waals surface area contributed by atoms with Crippen LogP contribution < -0.4 is 4.90 Å². The molecule has 0 amide bonds. The SMILES string of the molecule is Cc1nnc(S/C(=C\c2cc(Br)c(N3CCCCC3)o2)C(=O)O)o1. The highest BCUT2D eigenvalue weighted by molar-refractivity contribution is 9.10. The summed E-state index contributed by atoms with van der Waals surface area (Å²) in [6.07, 6.45) is 4.95. The second-order valence-electron chi connectivity index (χ2n) is 5.35. The maximum atomic E-state index is 11.5. The van der Waals surface area contributed by atoms with Gasteiger partial charge < -0.3 is 18.8 Å². The molecule has 0 atom stereocenters. The number of carbonyl (C=O) groups is 1. The summed E-state index contributed by atoms with van der Waals surface area (Å²) in [4.78, 5) is 13.7.